The summed E-state index contributed by atoms with van der Waals surface area (Å²) in [4.78, 5) is 17.5. The number of anilines is 3. The van der Waals surface area contributed by atoms with Crippen LogP contribution in [-0.2, 0) is 6.42 Å². The zero-order valence-corrected chi connectivity index (χ0v) is 20.6. The largest absolute Gasteiger partial charge is 0.497 e. The van der Waals surface area contributed by atoms with E-state index in [2.05, 4.69) is 50.8 Å². The lowest BCUT2D eigenvalue weighted by atomic mass is 10.1. The van der Waals surface area contributed by atoms with Crippen LogP contribution < -0.4 is 20.3 Å². The molecule has 1 saturated heterocycles. The summed E-state index contributed by atoms with van der Waals surface area (Å²) in [5.74, 6) is 1.81. The first-order valence-corrected chi connectivity index (χ1v) is 12.6. The average Bonchev–Trinajstić information content (AvgIpc) is 3.33. The van der Waals surface area contributed by atoms with Crippen LogP contribution in [0.4, 0.5) is 22.0 Å². The van der Waals surface area contributed by atoms with E-state index in [0.717, 1.165) is 56.2 Å². The number of amides is 2. The molecule has 0 unspecified atom stereocenters. The van der Waals surface area contributed by atoms with Gasteiger partial charge in [0.2, 0.25) is 0 Å². The Morgan fingerprint density at radius 2 is 1.77 bits per heavy atom. The number of urea groups is 1. The normalized spacial score (nSPS) is 14.1. The standard InChI is InChI=1S/C27H29N5O2S/c1-34-22-9-6-8-21(19-22)28-27(33)29-24-11-4-2-7-20(24)13-14-31-15-17-32(18-16-31)26-23-10-3-5-12-25(23)35-30-26/h2-12,19H,13-18H2,1H3,(H2,28,29,33). The predicted octanol–water partition coefficient (Wildman–Crippen LogP) is 5.31. The van der Waals surface area contributed by atoms with E-state index in [1.54, 1.807) is 24.7 Å². The minimum Gasteiger partial charge on any atom is -0.497 e. The number of fused-ring (bicyclic) bond motifs is 1. The van der Waals surface area contributed by atoms with Gasteiger partial charge < -0.3 is 20.3 Å². The van der Waals surface area contributed by atoms with Crippen LogP contribution in [0.5, 0.6) is 5.75 Å². The van der Waals surface area contributed by atoms with E-state index in [0.29, 0.717) is 11.4 Å². The second-order valence-electron chi connectivity index (χ2n) is 8.55. The van der Waals surface area contributed by atoms with Gasteiger partial charge in [0.05, 0.1) is 11.8 Å². The number of benzene rings is 3. The maximum Gasteiger partial charge on any atom is 0.323 e. The van der Waals surface area contributed by atoms with Crippen LogP contribution >= 0.6 is 11.5 Å². The molecule has 0 radical (unpaired) electrons. The van der Waals surface area contributed by atoms with Gasteiger partial charge in [0.1, 0.15) is 11.6 Å². The lowest BCUT2D eigenvalue weighted by Crippen LogP contribution is -2.47. The summed E-state index contributed by atoms with van der Waals surface area (Å²) >= 11 is 1.57. The quantitative estimate of drug-likeness (QED) is 0.370. The molecule has 8 heteroatoms. The molecule has 0 aliphatic carbocycles. The molecule has 0 spiro atoms. The topological polar surface area (TPSA) is 69.7 Å². The van der Waals surface area contributed by atoms with E-state index in [-0.39, 0.29) is 6.03 Å². The van der Waals surface area contributed by atoms with Crippen LogP contribution in [0.3, 0.4) is 0 Å². The summed E-state index contributed by atoms with van der Waals surface area (Å²) in [6.07, 6.45) is 0.870. The van der Waals surface area contributed by atoms with Crippen LogP contribution in [0.25, 0.3) is 10.1 Å². The molecule has 7 nitrogen and oxygen atoms in total. The number of hydrogen-bond acceptors (Lipinski definition) is 6. The van der Waals surface area contributed by atoms with Crippen LogP contribution in [-0.4, -0.2) is 55.1 Å². The molecule has 2 amide bonds. The Hall–Kier alpha value is -3.62. The van der Waals surface area contributed by atoms with Gasteiger partial charge in [0.15, 0.2) is 0 Å². The summed E-state index contributed by atoms with van der Waals surface area (Å²) in [5, 5.41) is 7.13. The fourth-order valence-corrected chi connectivity index (χ4v) is 5.20. The van der Waals surface area contributed by atoms with E-state index in [1.807, 2.05) is 36.4 Å². The van der Waals surface area contributed by atoms with Crippen molar-refractivity contribution in [2.45, 2.75) is 6.42 Å². The van der Waals surface area contributed by atoms with Gasteiger partial charge in [0.25, 0.3) is 0 Å². The first-order chi connectivity index (χ1) is 17.2. The number of nitrogens with one attached hydrogen (secondary N) is 2. The smallest absolute Gasteiger partial charge is 0.323 e. The Morgan fingerprint density at radius 3 is 2.63 bits per heavy atom. The Labute approximate surface area is 209 Å². The van der Waals surface area contributed by atoms with Gasteiger partial charge in [-0.15, -0.1) is 0 Å². The molecule has 3 aromatic carbocycles. The maximum atomic E-state index is 12.6. The molecule has 2 N–H and O–H groups in total. The van der Waals surface area contributed by atoms with Gasteiger partial charge >= 0.3 is 6.03 Å². The van der Waals surface area contributed by atoms with Crippen molar-refractivity contribution in [3.05, 3.63) is 78.4 Å². The number of piperazine rings is 1. The fraction of sp³-hybridized carbons (Fsp3) is 0.259. The zero-order chi connectivity index (χ0) is 24.0. The highest BCUT2D eigenvalue weighted by atomic mass is 32.1. The molecule has 1 aromatic heterocycles. The van der Waals surface area contributed by atoms with Gasteiger partial charge in [-0.25, -0.2) is 4.79 Å². The number of nitrogens with zero attached hydrogens (tertiary/aromatic N) is 3. The summed E-state index contributed by atoms with van der Waals surface area (Å²) in [7, 11) is 1.61. The van der Waals surface area contributed by atoms with Crippen LogP contribution in [0.15, 0.2) is 72.8 Å². The summed E-state index contributed by atoms with van der Waals surface area (Å²) < 4.78 is 11.2. The van der Waals surface area contributed by atoms with Crippen molar-refractivity contribution in [1.29, 1.82) is 0 Å². The Balaban J connectivity index is 1.15. The first-order valence-electron chi connectivity index (χ1n) is 11.8. The summed E-state index contributed by atoms with van der Waals surface area (Å²) in [5.41, 5.74) is 2.65. The van der Waals surface area contributed by atoms with E-state index in [4.69, 9.17) is 9.11 Å². The van der Waals surface area contributed by atoms with E-state index < -0.39 is 0 Å². The number of rotatable bonds is 7. The van der Waals surface area contributed by atoms with Crippen LogP contribution in [0.1, 0.15) is 5.56 Å². The molecule has 2 heterocycles. The van der Waals surface area contributed by atoms with Crippen molar-refractivity contribution in [3.63, 3.8) is 0 Å². The summed E-state index contributed by atoms with van der Waals surface area (Å²) in [6.45, 7) is 4.88. The molecule has 1 aliphatic heterocycles. The van der Waals surface area contributed by atoms with Crippen molar-refractivity contribution in [2.75, 3.05) is 55.4 Å². The molecule has 35 heavy (non-hydrogen) atoms. The molecular formula is C27H29N5O2S. The molecule has 1 fully saturated rings. The van der Waals surface area contributed by atoms with Crippen LogP contribution in [0.2, 0.25) is 0 Å². The van der Waals surface area contributed by atoms with Crippen molar-refractivity contribution in [3.8, 4) is 5.75 Å². The Morgan fingerprint density at radius 1 is 0.971 bits per heavy atom. The molecule has 0 saturated carbocycles. The number of ether oxygens (including phenoxy) is 1. The van der Waals surface area contributed by atoms with Crippen molar-refractivity contribution in [1.82, 2.24) is 9.27 Å². The highest BCUT2D eigenvalue weighted by Gasteiger charge is 2.20. The lowest BCUT2D eigenvalue weighted by Gasteiger charge is -2.35. The SMILES string of the molecule is COc1cccc(NC(=O)Nc2ccccc2CCN2CCN(c3nsc4ccccc34)CC2)c1. The fourth-order valence-electron chi connectivity index (χ4n) is 4.41. The summed E-state index contributed by atoms with van der Waals surface area (Å²) in [6, 6.07) is 23.5. The second kappa shape index (κ2) is 10.8. The number of carbonyl (C=O) groups is 1. The Kier molecular flexibility index (Phi) is 7.11. The second-order valence-corrected chi connectivity index (χ2v) is 9.35. The predicted molar refractivity (Wildman–Crippen MR) is 144 cm³/mol. The first kappa shape index (κ1) is 23.1. The van der Waals surface area contributed by atoms with Gasteiger partial charge in [0, 0.05) is 55.6 Å². The van der Waals surface area contributed by atoms with E-state index >= 15 is 0 Å². The molecule has 180 valence electrons. The van der Waals surface area contributed by atoms with E-state index in [9.17, 15) is 4.79 Å². The van der Waals surface area contributed by atoms with Crippen molar-refractivity contribution < 1.29 is 9.53 Å². The van der Waals surface area contributed by atoms with Crippen molar-refractivity contribution in [2.24, 2.45) is 0 Å². The maximum absolute atomic E-state index is 12.6. The van der Waals surface area contributed by atoms with Gasteiger partial charge in [-0.05, 0) is 53.8 Å². The number of methoxy groups -OCH3 is 1. The third-order valence-electron chi connectivity index (χ3n) is 6.32. The average molecular weight is 488 g/mol. The molecule has 0 atom stereocenters. The molecule has 4 aromatic rings. The zero-order valence-electron chi connectivity index (χ0n) is 19.7. The highest BCUT2D eigenvalue weighted by molar-refractivity contribution is 7.13. The van der Waals surface area contributed by atoms with Gasteiger partial charge in [-0.3, -0.25) is 4.90 Å². The van der Waals surface area contributed by atoms with E-state index in [1.165, 1.54) is 10.1 Å². The molecule has 1 aliphatic rings. The van der Waals surface area contributed by atoms with Crippen molar-refractivity contribution >= 4 is 44.8 Å². The number of para-hydroxylation sites is 1. The number of hydrogen-bond donors (Lipinski definition) is 2. The van der Waals surface area contributed by atoms with Crippen LogP contribution in [0, 0.1) is 0 Å². The van der Waals surface area contributed by atoms with Gasteiger partial charge in [-0.2, -0.15) is 4.37 Å². The minimum atomic E-state index is -0.269. The third-order valence-corrected chi connectivity index (χ3v) is 7.14. The number of aromatic nitrogens is 1. The number of carbonyl (C=O) groups excluding carboxylic acids is 1. The molecule has 5 rings (SSSR count). The molecular weight excluding hydrogens is 458 g/mol. The monoisotopic (exact) mass is 487 g/mol. The highest BCUT2D eigenvalue weighted by Crippen LogP contribution is 2.30. The Bertz CT molecular complexity index is 1300. The molecule has 0 bridgehead atoms. The lowest BCUT2D eigenvalue weighted by molar-refractivity contribution is 0.260. The third kappa shape index (κ3) is 5.55. The minimum absolute atomic E-state index is 0.269. The van der Waals surface area contributed by atoms with Gasteiger partial charge in [-0.1, -0.05) is 36.4 Å².